The second-order valence-electron chi connectivity index (χ2n) is 7.81. The van der Waals surface area contributed by atoms with E-state index < -0.39 is 52.2 Å². The number of fused-ring (bicyclic) bond motifs is 1. The number of rotatable bonds is 8. The average Bonchev–Trinajstić information content (AvgIpc) is 3.19. The van der Waals surface area contributed by atoms with Crippen LogP contribution in [-0.2, 0) is 18.4 Å². The van der Waals surface area contributed by atoms with E-state index in [0.29, 0.717) is 11.1 Å². The van der Waals surface area contributed by atoms with Gasteiger partial charge in [-0.1, -0.05) is 11.6 Å². The second-order valence-corrected chi connectivity index (χ2v) is 12.2. The molecule has 16 heteroatoms. The number of hydrogen-bond acceptors (Lipinski definition) is 9. The third kappa shape index (κ3) is 5.75. The van der Waals surface area contributed by atoms with Crippen molar-refractivity contribution in [2.24, 2.45) is 0 Å². The van der Waals surface area contributed by atoms with Gasteiger partial charge in [-0.15, -0.1) is 0 Å². The molecule has 2 aromatic heterocycles. The second kappa shape index (κ2) is 9.60. The van der Waals surface area contributed by atoms with Crippen molar-refractivity contribution in [3.8, 4) is 6.07 Å². The van der Waals surface area contributed by atoms with Gasteiger partial charge in [-0.2, -0.15) is 5.26 Å². The van der Waals surface area contributed by atoms with Crippen LogP contribution in [0.3, 0.4) is 0 Å². The molecule has 13 nitrogen and oxygen atoms in total. The summed E-state index contributed by atoms with van der Waals surface area (Å²) in [4.78, 5) is 31.6. The van der Waals surface area contributed by atoms with Gasteiger partial charge in [0.15, 0.2) is 17.3 Å². The number of aromatic nitrogens is 2. The van der Waals surface area contributed by atoms with Crippen LogP contribution in [0.4, 0.5) is 5.69 Å². The van der Waals surface area contributed by atoms with Crippen molar-refractivity contribution in [3.63, 3.8) is 0 Å². The summed E-state index contributed by atoms with van der Waals surface area (Å²) < 4.78 is 34.5. The first-order valence-electron chi connectivity index (χ1n) is 9.63. The van der Waals surface area contributed by atoms with Crippen molar-refractivity contribution >= 4 is 43.5 Å². The van der Waals surface area contributed by atoms with E-state index in [4.69, 9.17) is 30.6 Å². The molecule has 3 heterocycles. The third-order valence-corrected chi connectivity index (χ3v) is 8.51. The molecule has 0 aromatic carbocycles. The molecule has 0 saturated carbocycles. The van der Waals surface area contributed by atoms with E-state index in [1.165, 1.54) is 10.8 Å². The summed E-state index contributed by atoms with van der Waals surface area (Å²) >= 11 is 6.19. The van der Waals surface area contributed by atoms with Gasteiger partial charge in [-0.25, -0.2) is 4.98 Å². The SMILES string of the molecule is CC(C)Nc1c(C#N)c(Cl)nc2c1ccn2[C@@H]1O[C@H](COP(=O)(O)CP(=O)(O)O)[C@@H](O)[C@H]1O. The van der Waals surface area contributed by atoms with Crippen LogP contribution in [0.2, 0.25) is 5.15 Å². The molecule has 33 heavy (non-hydrogen) atoms. The molecule has 0 amide bonds. The van der Waals surface area contributed by atoms with Crippen LogP contribution in [0.25, 0.3) is 11.0 Å². The molecule has 1 unspecified atom stereocenters. The highest BCUT2D eigenvalue weighted by atomic mass is 35.5. The molecule has 0 radical (unpaired) electrons. The molecule has 0 bridgehead atoms. The summed E-state index contributed by atoms with van der Waals surface area (Å²) in [5, 5.41) is 33.9. The van der Waals surface area contributed by atoms with Gasteiger partial charge in [0.1, 0.15) is 35.6 Å². The first-order chi connectivity index (χ1) is 15.2. The van der Waals surface area contributed by atoms with Gasteiger partial charge >= 0.3 is 15.2 Å². The van der Waals surface area contributed by atoms with E-state index in [9.17, 15) is 29.5 Å². The van der Waals surface area contributed by atoms with E-state index >= 15 is 0 Å². The van der Waals surface area contributed by atoms with E-state index in [1.807, 2.05) is 19.9 Å². The summed E-state index contributed by atoms with van der Waals surface area (Å²) in [6, 6.07) is 3.58. The smallest absolute Gasteiger partial charge is 0.340 e. The zero-order valence-electron chi connectivity index (χ0n) is 17.4. The number of anilines is 1. The zero-order valence-corrected chi connectivity index (χ0v) is 20.0. The Kier molecular flexibility index (Phi) is 7.58. The van der Waals surface area contributed by atoms with Crippen molar-refractivity contribution < 1.29 is 43.3 Å². The molecule has 3 rings (SSSR count). The van der Waals surface area contributed by atoms with Gasteiger partial charge in [0, 0.05) is 17.6 Å². The Balaban J connectivity index is 1.89. The van der Waals surface area contributed by atoms with E-state index in [2.05, 4.69) is 10.3 Å². The minimum Gasteiger partial charge on any atom is -0.387 e. The zero-order chi connectivity index (χ0) is 24.7. The molecule has 0 spiro atoms. The summed E-state index contributed by atoms with van der Waals surface area (Å²) in [5.74, 6) is -1.40. The van der Waals surface area contributed by atoms with Crippen LogP contribution in [0, 0.1) is 11.3 Å². The quantitative estimate of drug-likeness (QED) is 0.213. The molecule has 182 valence electrons. The van der Waals surface area contributed by atoms with Gasteiger partial charge < -0.3 is 44.0 Å². The minimum absolute atomic E-state index is 0.0406. The Morgan fingerprint density at radius 1 is 1.33 bits per heavy atom. The molecule has 1 aliphatic heterocycles. The first kappa shape index (κ1) is 26.1. The lowest BCUT2D eigenvalue weighted by Crippen LogP contribution is -2.33. The number of hydrogen-bond donors (Lipinski definition) is 6. The predicted molar refractivity (Wildman–Crippen MR) is 117 cm³/mol. The number of aliphatic hydroxyl groups excluding tert-OH is 2. The van der Waals surface area contributed by atoms with Crippen LogP contribution in [0.5, 0.6) is 0 Å². The average molecular weight is 525 g/mol. The van der Waals surface area contributed by atoms with Gasteiger partial charge in [-0.3, -0.25) is 9.13 Å². The van der Waals surface area contributed by atoms with E-state index in [-0.39, 0.29) is 22.4 Å². The van der Waals surface area contributed by atoms with Gasteiger partial charge in [0.2, 0.25) is 0 Å². The van der Waals surface area contributed by atoms with Crippen molar-refractivity contribution in [1.82, 2.24) is 9.55 Å². The molecule has 2 aromatic rings. The number of ether oxygens (including phenoxy) is 1. The van der Waals surface area contributed by atoms with Crippen molar-refractivity contribution in [3.05, 3.63) is 23.0 Å². The molecule has 1 fully saturated rings. The fraction of sp³-hybridized carbons (Fsp3) is 0.529. The molecule has 1 saturated heterocycles. The monoisotopic (exact) mass is 524 g/mol. The predicted octanol–water partition coefficient (Wildman–Crippen LogP) is 1.34. The van der Waals surface area contributed by atoms with Crippen molar-refractivity contribution in [2.75, 3.05) is 17.8 Å². The Morgan fingerprint density at radius 3 is 2.58 bits per heavy atom. The molecule has 1 aliphatic rings. The lowest BCUT2D eigenvalue weighted by atomic mass is 10.1. The number of nitrogens with zero attached hydrogens (tertiary/aromatic N) is 3. The summed E-state index contributed by atoms with van der Waals surface area (Å²) in [5.41, 5.74) is 0.820. The summed E-state index contributed by atoms with van der Waals surface area (Å²) in [6.07, 6.45) is -4.04. The van der Waals surface area contributed by atoms with E-state index in [1.54, 1.807) is 6.07 Å². The number of nitriles is 1. The third-order valence-electron chi connectivity index (χ3n) is 4.78. The highest BCUT2D eigenvalue weighted by molar-refractivity contribution is 7.70. The van der Waals surface area contributed by atoms with Crippen LogP contribution in [0.15, 0.2) is 12.3 Å². The fourth-order valence-corrected chi connectivity index (χ4v) is 6.23. The van der Waals surface area contributed by atoms with Crippen molar-refractivity contribution in [2.45, 2.75) is 44.4 Å². The van der Waals surface area contributed by atoms with E-state index in [0.717, 1.165) is 0 Å². The summed E-state index contributed by atoms with van der Waals surface area (Å²) in [7, 11) is -9.51. The lowest BCUT2D eigenvalue weighted by Gasteiger charge is -2.19. The maximum absolute atomic E-state index is 11.9. The highest BCUT2D eigenvalue weighted by Gasteiger charge is 2.45. The van der Waals surface area contributed by atoms with Crippen LogP contribution >= 0.6 is 26.8 Å². The van der Waals surface area contributed by atoms with Crippen LogP contribution < -0.4 is 5.32 Å². The molecular formula is C17H23ClN4O9P2. The van der Waals surface area contributed by atoms with Gasteiger partial charge in [0.05, 0.1) is 12.3 Å². The van der Waals surface area contributed by atoms with Crippen LogP contribution in [-0.4, -0.2) is 71.3 Å². The standard InChI is InChI=1S/C17H23ClN4O9P2/c1-8(2)20-12-9-3-4-22(16(9)21-15(18)10(12)5-19)17-14(24)13(23)11(31-17)6-30-33(28,29)7-32(25,26)27/h3-4,8,11,13-14,17,23-24H,6-7H2,1-2H3,(H,20,21)(H,28,29)(H2,25,26,27)/t11-,13-,14-,17-/m1/s1. The lowest BCUT2D eigenvalue weighted by molar-refractivity contribution is -0.0481. The highest BCUT2D eigenvalue weighted by Crippen LogP contribution is 2.55. The normalized spacial score (nSPS) is 25.3. The largest absolute Gasteiger partial charge is 0.387 e. The minimum atomic E-state index is -4.83. The molecule has 6 N–H and O–H groups in total. The number of nitrogens with one attached hydrogen (secondary N) is 1. The van der Waals surface area contributed by atoms with Gasteiger partial charge in [0.25, 0.3) is 0 Å². The number of halogens is 1. The van der Waals surface area contributed by atoms with Gasteiger partial charge in [-0.05, 0) is 19.9 Å². The fourth-order valence-electron chi connectivity index (χ4n) is 3.45. The van der Waals surface area contributed by atoms with Crippen molar-refractivity contribution in [1.29, 1.82) is 5.26 Å². The maximum atomic E-state index is 11.9. The number of pyridine rings is 1. The Morgan fingerprint density at radius 2 is 2.00 bits per heavy atom. The first-order valence-corrected chi connectivity index (χ1v) is 13.6. The maximum Gasteiger partial charge on any atom is 0.340 e. The Hall–Kier alpha value is -1.55. The number of aliphatic hydroxyl groups is 2. The Labute approximate surface area is 193 Å². The summed E-state index contributed by atoms with van der Waals surface area (Å²) in [6.45, 7) is 3.03. The molecule has 0 aliphatic carbocycles. The molecular weight excluding hydrogens is 502 g/mol. The molecule has 5 atom stereocenters. The topological polar surface area (TPSA) is 207 Å². The van der Waals surface area contributed by atoms with Crippen LogP contribution in [0.1, 0.15) is 25.6 Å². The Bertz CT molecular complexity index is 1180.